The molecular formula is C11H14F2N2O3S. The SMILES string of the molecule is Nc1cc(F)c(S(=O)(=O)N(CCO)C2CC2)c(F)c1. The van der Waals surface area contributed by atoms with Crippen LogP contribution in [0, 0.1) is 11.6 Å². The van der Waals surface area contributed by atoms with E-state index in [4.69, 9.17) is 10.8 Å². The molecule has 3 N–H and O–H groups in total. The molecule has 1 saturated carbocycles. The van der Waals surface area contributed by atoms with Crippen molar-refractivity contribution in [2.45, 2.75) is 23.8 Å². The van der Waals surface area contributed by atoms with Crippen LogP contribution < -0.4 is 5.73 Å². The normalized spacial score (nSPS) is 16.0. The maximum absolute atomic E-state index is 13.7. The second-order valence-electron chi connectivity index (χ2n) is 4.38. The van der Waals surface area contributed by atoms with E-state index in [1.807, 2.05) is 0 Å². The summed E-state index contributed by atoms with van der Waals surface area (Å²) in [5.74, 6) is -2.44. The van der Waals surface area contributed by atoms with Crippen LogP contribution in [0.3, 0.4) is 0 Å². The smallest absolute Gasteiger partial charge is 0.249 e. The number of nitrogen functional groups attached to an aromatic ring is 1. The van der Waals surface area contributed by atoms with E-state index in [2.05, 4.69) is 0 Å². The zero-order valence-corrected chi connectivity index (χ0v) is 10.8. The van der Waals surface area contributed by atoms with Crippen molar-refractivity contribution in [1.29, 1.82) is 0 Å². The molecule has 0 aromatic heterocycles. The van der Waals surface area contributed by atoms with E-state index < -0.39 is 33.2 Å². The number of anilines is 1. The molecule has 0 aliphatic heterocycles. The van der Waals surface area contributed by atoms with Crippen molar-refractivity contribution in [2.75, 3.05) is 18.9 Å². The first-order valence-electron chi connectivity index (χ1n) is 5.75. The second kappa shape index (κ2) is 5.03. The molecule has 0 atom stereocenters. The molecule has 19 heavy (non-hydrogen) atoms. The molecule has 0 heterocycles. The number of nitrogens with zero attached hydrogens (tertiary/aromatic N) is 1. The Labute approximate surface area is 109 Å². The van der Waals surface area contributed by atoms with Crippen LogP contribution in [0.1, 0.15) is 12.8 Å². The van der Waals surface area contributed by atoms with Gasteiger partial charge in [-0.2, -0.15) is 4.31 Å². The van der Waals surface area contributed by atoms with Crippen LogP contribution in [0.25, 0.3) is 0 Å². The van der Waals surface area contributed by atoms with Crippen LogP contribution in [0.5, 0.6) is 0 Å². The molecule has 0 saturated heterocycles. The fourth-order valence-corrected chi connectivity index (χ4v) is 3.67. The van der Waals surface area contributed by atoms with E-state index in [0.29, 0.717) is 12.8 Å². The van der Waals surface area contributed by atoms with Gasteiger partial charge in [0, 0.05) is 18.3 Å². The highest BCUT2D eigenvalue weighted by Gasteiger charge is 2.40. The van der Waals surface area contributed by atoms with Gasteiger partial charge in [-0.25, -0.2) is 17.2 Å². The average Bonchev–Trinajstić information content (AvgIpc) is 3.07. The van der Waals surface area contributed by atoms with Crippen molar-refractivity contribution in [3.63, 3.8) is 0 Å². The zero-order valence-electron chi connectivity index (χ0n) is 10.0. The Kier molecular flexibility index (Phi) is 3.75. The van der Waals surface area contributed by atoms with Gasteiger partial charge in [0.1, 0.15) is 11.6 Å². The average molecular weight is 292 g/mol. The van der Waals surface area contributed by atoms with E-state index in [1.54, 1.807) is 0 Å². The maximum atomic E-state index is 13.7. The Hall–Kier alpha value is -1.25. The number of rotatable bonds is 5. The molecule has 8 heteroatoms. The van der Waals surface area contributed by atoms with Crippen molar-refractivity contribution in [3.05, 3.63) is 23.8 Å². The first kappa shape index (κ1) is 14.2. The molecule has 1 aromatic rings. The van der Waals surface area contributed by atoms with E-state index in [9.17, 15) is 17.2 Å². The van der Waals surface area contributed by atoms with Crippen LogP contribution in [-0.2, 0) is 10.0 Å². The minimum atomic E-state index is -4.31. The van der Waals surface area contributed by atoms with Crippen LogP contribution >= 0.6 is 0 Å². The van der Waals surface area contributed by atoms with Gasteiger partial charge in [-0.15, -0.1) is 0 Å². The molecule has 0 unspecified atom stereocenters. The summed E-state index contributed by atoms with van der Waals surface area (Å²) >= 11 is 0. The first-order valence-corrected chi connectivity index (χ1v) is 7.19. The van der Waals surface area contributed by atoms with Crippen LogP contribution in [0.2, 0.25) is 0 Å². The van der Waals surface area contributed by atoms with Gasteiger partial charge in [0.25, 0.3) is 0 Å². The number of hydrogen-bond donors (Lipinski definition) is 2. The Bertz CT molecular complexity index is 565. The van der Waals surface area contributed by atoms with Gasteiger partial charge in [0.15, 0.2) is 4.90 Å². The third kappa shape index (κ3) is 2.70. The summed E-state index contributed by atoms with van der Waals surface area (Å²) in [6.45, 7) is -0.593. The second-order valence-corrected chi connectivity index (χ2v) is 6.21. The number of aliphatic hydroxyl groups is 1. The lowest BCUT2D eigenvalue weighted by atomic mass is 10.3. The van der Waals surface area contributed by atoms with Crippen LogP contribution in [-0.4, -0.2) is 37.0 Å². The number of halogens is 2. The molecule has 106 valence electrons. The summed E-state index contributed by atoms with van der Waals surface area (Å²) in [4.78, 5) is -1.01. The number of hydrogen-bond acceptors (Lipinski definition) is 4. The molecule has 0 spiro atoms. The van der Waals surface area contributed by atoms with Gasteiger partial charge in [0.2, 0.25) is 10.0 Å². The summed E-state index contributed by atoms with van der Waals surface area (Å²) in [7, 11) is -4.31. The van der Waals surface area contributed by atoms with Gasteiger partial charge in [0.05, 0.1) is 6.61 Å². The molecular weight excluding hydrogens is 278 g/mol. The van der Waals surface area contributed by atoms with Crippen molar-refractivity contribution in [1.82, 2.24) is 4.31 Å². The first-order chi connectivity index (χ1) is 8.87. The maximum Gasteiger partial charge on any atom is 0.249 e. The van der Waals surface area contributed by atoms with Gasteiger partial charge in [-0.05, 0) is 25.0 Å². The minimum absolute atomic E-state index is 0.184. The predicted molar refractivity (Wildman–Crippen MR) is 64.8 cm³/mol. The third-order valence-corrected chi connectivity index (χ3v) is 4.87. The lowest BCUT2D eigenvalue weighted by Crippen LogP contribution is -2.36. The van der Waals surface area contributed by atoms with Crippen LogP contribution in [0.15, 0.2) is 17.0 Å². The molecule has 1 aliphatic carbocycles. The predicted octanol–water partition coefficient (Wildman–Crippen LogP) is 0.692. The summed E-state index contributed by atoms with van der Waals surface area (Å²) in [6, 6.07) is 1.23. The molecule has 2 rings (SSSR count). The monoisotopic (exact) mass is 292 g/mol. The van der Waals surface area contributed by atoms with Crippen molar-refractivity contribution < 1.29 is 22.3 Å². The standard InChI is InChI=1S/C11H14F2N2O3S/c12-9-5-7(14)6-10(13)11(9)19(17,18)15(3-4-16)8-1-2-8/h5-6,8,16H,1-4,14H2. The number of aliphatic hydroxyl groups excluding tert-OH is 1. The van der Waals surface area contributed by atoms with Gasteiger partial charge in [-0.3, -0.25) is 0 Å². The van der Waals surface area contributed by atoms with E-state index >= 15 is 0 Å². The third-order valence-electron chi connectivity index (χ3n) is 2.86. The molecule has 1 aliphatic rings. The molecule has 0 bridgehead atoms. The number of benzene rings is 1. The van der Waals surface area contributed by atoms with Crippen LogP contribution in [0.4, 0.5) is 14.5 Å². The lowest BCUT2D eigenvalue weighted by Gasteiger charge is -2.21. The molecule has 1 aromatic carbocycles. The summed E-state index contributed by atoms with van der Waals surface area (Å²) in [5, 5.41) is 8.89. The van der Waals surface area contributed by atoms with Crippen molar-refractivity contribution in [3.8, 4) is 0 Å². The fourth-order valence-electron chi connectivity index (χ4n) is 1.90. The van der Waals surface area contributed by atoms with E-state index in [1.165, 1.54) is 0 Å². The minimum Gasteiger partial charge on any atom is -0.399 e. The lowest BCUT2D eigenvalue weighted by molar-refractivity contribution is 0.249. The van der Waals surface area contributed by atoms with Gasteiger partial charge >= 0.3 is 0 Å². The Balaban J connectivity index is 2.49. The Morgan fingerprint density at radius 1 is 1.32 bits per heavy atom. The van der Waals surface area contributed by atoms with Crippen molar-refractivity contribution in [2.24, 2.45) is 0 Å². The number of nitrogens with two attached hydrogens (primary N) is 1. The molecule has 0 amide bonds. The van der Waals surface area contributed by atoms with E-state index in [-0.39, 0.29) is 18.3 Å². The summed E-state index contributed by atoms with van der Waals surface area (Å²) in [5.41, 5.74) is 5.06. The highest BCUT2D eigenvalue weighted by Crippen LogP contribution is 2.33. The highest BCUT2D eigenvalue weighted by molar-refractivity contribution is 7.89. The fraction of sp³-hybridized carbons (Fsp3) is 0.455. The van der Waals surface area contributed by atoms with Gasteiger partial charge in [-0.1, -0.05) is 0 Å². The molecule has 5 nitrogen and oxygen atoms in total. The Morgan fingerprint density at radius 3 is 2.26 bits per heavy atom. The van der Waals surface area contributed by atoms with E-state index in [0.717, 1.165) is 16.4 Å². The Morgan fingerprint density at radius 2 is 1.84 bits per heavy atom. The summed E-state index contributed by atoms with van der Waals surface area (Å²) in [6.07, 6.45) is 1.24. The topological polar surface area (TPSA) is 83.6 Å². The molecule has 1 fully saturated rings. The summed E-state index contributed by atoms with van der Waals surface area (Å²) < 4.78 is 52.8. The quantitative estimate of drug-likeness (QED) is 0.782. The van der Waals surface area contributed by atoms with Crippen molar-refractivity contribution >= 4 is 15.7 Å². The molecule has 0 radical (unpaired) electrons. The number of sulfonamides is 1. The largest absolute Gasteiger partial charge is 0.399 e. The zero-order chi connectivity index (χ0) is 14.2. The highest BCUT2D eigenvalue weighted by atomic mass is 32.2. The van der Waals surface area contributed by atoms with Gasteiger partial charge < -0.3 is 10.8 Å².